The lowest BCUT2D eigenvalue weighted by molar-refractivity contribution is -0.133. The van der Waals surface area contributed by atoms with E-state index in [1.807, 2.05) is 24.0 Å². The van der Waals surface area contributed by atoms with Crippen molar-refractivity contribution in [3.8, 4) is 5.75 Å². The molecule has 1 aliphatic rings. The first-order chi connectivity index (χ1) is 12.6. The van der Waals surface area contributed by atoms with Crippen molar-refractivity contribution in [2.24, 2.45) is 5.92 Å². The highest BCUT2D eigenvalue weighted by molar-refractivity contribution is 5.88. The molecule has 1 heterocycles. The maximum atomic E-state index is 12.9. The number of fused-ring (bicyclic) bond motifs is 1. The zero-order chi connectivity index (χ0) is 18.5. The first-order valence-electron chi connectivity index (χ1n) is 9.69. The topological polar surface area (TPSA) is 41.6 Å². The zero-order valence-electron chi connectivity index (χ0n) is 16.5. The number of piperidine rings is 1. The molecule has 1 atom stereocenters. The van der Waals surface area contributed by atoms with Gasteiger partial charge in [0.1, 0.15) is 5.75 Å². The van der Waals surface area contributed by atoms with Crippen molar-refractivity contribution in [2.45, 2.75) is 32.6 Å². The molecule has 5 heteroatoms. The van der Waals surface area contributed by atoms with Crippen LogP contribution in [0.2, 0.25) is 0 Å². The Hall–Kier alpha value is -1.78. The average Bonchev–Trinajstić information content (AvgIpc) is 2.70. The Morgan fingerprint density at radius 2 is 1.85 bits per heavy atom. The molecular weight excluding hydrogens is 360 g/mol. The number of carbonyl (C=O) groups excluding carboxylic acids is 1. The van der Waals surface area contributed by atoms with E-state index in [9.17, 15) is 4.79 Å². The highest BCUT2D eigenvalue weighted by Gasteiger charge is 2.26. The SMILES string of the molecule is CCNCC1CCN(C(=O)C(C)c2ccc3cc(OC)ccc3c2)CC1.Cl. The first-order valence-corrected chi connectivity index (χ1v) is 9.69. The van der Waals surface area contributed by atoms with E-state index in [0.717, 1.165) is 61.1 Å². The Bertz CT molecular complexity index is 757. The van der Waals surface area contributed by atoms with E-state index >= 15 is 0 Å². The molecule has 1 fully saturated rings. The number of halogens is 1. The van der Waals surface area contributed by atoms with Crippen LogP contribution in [0.3, 0.4) is 0 Å². The quantitative estimate of drug-likeness (QED) is 0.802. The summed E-state index contributed by atoms with van der Waals surface area (Å²) in [7, 11) is 1.68. The third-order valence-electron chi connectivity index (χ3n) is 5.55. The van der Waals surface area contributed by atoms with Crippen LogP contribution in [0.25, 0.3) is 10.8 Å². The zero-order valence-corrected chi connectivity index (χ0v) is 17.3. The number of hydrogen-bond acceptors (Lipinski definition) is 3. The van der Waals surface area contributed by atoms with Gasteiger partial charge in [-0.3, -0.25) is 4.79 Å². The molecule has 1 aliphatic heterocycles. The number of nitrogens with zero attached hydrogens (tertiary/aromatic N) is 1. The standard InChI is InChI=1S/C22H30N2O2.ClH/c1-4-23-15-17-9-11-24(12-10-17)22(25)16(2)18-5-6-20-14-21(26-3)8-7-19(20)13-18;/h5-8,13-14,16-17,23H,4,9-12,15H2,1-3H3;1H. The Kier molecular flexibility index (Phi) is 7.93. The van der Waals surface area contributed by atoms with Crippen LogP contribution in [-0.4, -0.2) is 44.1 Å². The van der Waals surface area contributed by atoms with E-state index in [4.69, 9.17) is 4.74 Å². The summed E-state index contributed by atoms with van der Waals surface area (Å²) >= 11 is 0. The normalized spacial score (nSPS) is 16.0. The molecule has 0 saturated carbocycles. The Balaban J connectivity index is 0.00000261. The third kappa shape index (κ3) is 5.14. The molecule has 1 unspecified atom stereocenters. The minimum Gasteiger partial charge on any atom is -0.497 e. The highest BCUT2D eigenvalue weighted by atomic mass is 35.5. The third-order valence-corrected chi connectivity index (χ3v) is 5.55. The summed E-state index contributed by atoms with van der Waals surface area (Å²) < 4.78 is 5.29. The van der Waals surface area contributed by atoms with E-state index in [2.05, 4.69) is 36.5 Å². The molecule has 27 heavy (non-hydrogen) atoms. The molecule has 3 rings (SSSR count). The van der Waals surface area contributed by atoms with E-state index in [-0.39, 0.29) is 24.2 Å². The number of carbonyl (C=O) groups is 1. The fraction of sp³-hybridized carbons (Fsp3) is 0.500. The maximum absolute atomic E-state index is 12.9. The molecule has 1 N–H and O–H groups in total. The molecule has 2 aromatic carbocycles. The van der Waals surface area contributed by atoms with Crippen molar-refractivity contribution in [3.05, 3.63) is 42.0 Å². The van der Waals surface area contributed by atoms with Crippen LogP contribution >= 0.6 is 12.4 Å². The molecule has 0 bridgehead atoms. The molecule has 1 saturated heterocycles. The van der Waals surface area contributed by atoms with Gasteiger partial charge in [0.15, 0.2) is 0 Å². The van der Waals surface area contributed by atoms with Gasteiger partial charge >= 0.3 is 0 Å². The summed E-state index contributed by atoms with van der Waals surface area (Å²) in [5, 5.41) is 5.71. The number of ether oxygens (including phenoxy) is 1. The predicted octanol–water partition coefficient (Wildman–Crippen LogP) is 4.22. The van der Waals surface area contributed by atoms with Crippen LogP contribution < -0.4 is 10.1 Å². The highest BCUT2D eigenvalue weighted by Crippen LogP contribution is 2.27. The molecule has 148 valence electrons. The minimum atomic E-state index is -0.105. The number of methoxy groups -OCH3 is 1. The van der Waals surface area contributed by atoms with Crippen LogP contribution in [0.4, 0.5) is 0 Å². The number of amides is 1. The van der Waals surface area contributed by atoms with Gasteiger partial charge < -0.3 is 15.0 Å². The second-order valence-corrected chi connectivity index (χ2v) is 7.27. The molecule has 4 nitrogen and oxygen atoms in total. The molecule has 0 aromatic heterocycles. The number of hydrogen-bond donors (Lipinski definition) is 1. The van der Waals surface area contributed by atoms with Crippen molar-refractivity contribution in [3.63, 3.8) is 0 Å². The number of nitrogens with one attached hydrogen (secondary N) is 1. The maximum Gasteiger partial charge on any atom is 0.229 e. The van der Waals surface area contributed by atoms with E-state index < -0.39 is 0 Å². The smallest absolute Gasteiger partial charge is 0.229 e. The molecule has 0 aliphatic carbocycles. The van der Waals surface area contributed by atoms with Crippen LogP contribution in [0.5, 0.6) is 5.75 Å². The monoisotopic (exact) mass is 390 g/mol. The van der Waals surface area contributed by atoms with Gasteiger partial charge in [0.05, 0.1) is 13.0 Å². The lowest BCUT2D eigenvalue weighted by atomic mass is 9.93. The minimum absolute atomic E-state index is 0. The van der Waals surface area contributed by atoms with Gasteiger partial charge in [0.25, 0.3) is 0 Å². The summed E-state index contributed by atoms with van der Waals surface area (Å²) in [6.07, 6.45) is 2.20. The van der Waals surface area contributed by atoms with Gasteiger partial charge in [-0.2, -0.15) is 0 Å². The van der Waals surface area contributed by atoms with Gasteiger partial charge in [-0.25, -0.2) is 0 Å². The summed E-state index contributed by atoms with van der Waals surface area (Å²) in [5.41, 5.74) is 1.09. The second kappa shape index (κ2) is 9.95. The van der Waals surface area contributed by atoms with Crippen molar-refractivity contribution in [2.75, 3.05) is 33.3 Å². The van der Waals surface area contributed by atoms with Gasteiger partial charge in [-0.1, -0.05) is 31.2 Å². The number of benzene rings is 2. The van der Waals surface area contributed by atoms with E-state index in [1.165, 1.54) is 0 Å². The van der Waals surface area contributed by atoms with Gasteiger partial charge in [-0.05, 0) is 67.2 Å². The van der Waals surface area contributed by atoms with Gasteiger partial charge in [-0.15, -0.1) is 12.4 Å². The first kappa shape index (κ1) is 21.5. The summed E-state index contributed by atoms with van der Waals surface area (Å²) in [6, 6.07) is 12.3. The second-order valence-electron chi connectivity index (χ2n) is 7.27. The van der Waals surface area contributed by atoms with Crippen molar-refractivity contribution < 1.29 is 9.53 Å². The Labute approximate surface area is 168 Å². The van der Waals surface area contributed by atoms with Gasteiger partial charge in [0.2, 0.25) is 5.91 Å². The molecule has 0 radical (unpaired) electrons. The van der Waals surface area contributed by atoms with E-state index in [0.29, 0.717) is 5.92 Å². The summed E-state index contributed by atoms with van der Waals surface area (Å²) in [6.45, 7) is 8.01. The van der Waals surface area contributed by atoms with E-state index in [1.54, 1.807) is 7.11 Å². The van der Waals surface area contributed by atoms with Crippen LogP contribution in [0.1, 0.15) is 38.2 Å². The van der Waals surface area contributed by atoms with Crippen molar-refractivity contribution in [1.29, 1.82) is 0 Å². The number of rotatable bonds is 6. The molecule has 1 amide bonds. The molecule has 2 aromatic rings. The molecular formula is C22H31ClN2O2. The lowest BCUT2D eigenvalue weighted by Gasteiger charge is -2.33. The molecule has 0 spiro atoms. The lowest BCUT2D eigenvalue weighted by Crippen LogP contribution is -2.42. The summed E-state index contributed by atoms with van der Waals surface area (Å²) in [5.74, 6) is 1.70. The number of likely N-dealkylation sites (tertiary alicyclic amines) is 1. The average molecular weight is 391 g/mol. The summed E-state index contributed by atoms with van der Waals surface area (Å²) in [4.78, 5) is 15.0. The van der Waals surface area contributed by atoms with Crippen LogP contribution in [-0.2, 0) is 4.79 Å². The largest absolute Gasteiger partial charge is 0.497 e. The Morgan fingerprint density at radius 1 is 1.19 bits per heavy atom. The fourth-order valence-electron chi connectivity index (χ4n) is 3.76. The van der Waals surface area contributed by atoms with Crippen molar-refractivity contribution >= 4 is 29.1 Å². The fourth-order valence-corrected chi connectivity index (χ4v) is 3.76. The van der Waals surface area contributed by atoms with Gasteiger partial charge in [0, 0.05) is 13.1 Å². The Morgan fingerprint density at radius 3 is 2.52 bits per heavy atom. The predicted molar refractivity (Wildman–Crippen MR) is 114 cm³/mol. The van der Waals surface area contributed by atoms with Crippen LogP contribution in [0.15, 0.2) is 36.4 Å². The van der Waals surface area contributed by atoms with Crippen molar-refractivity contribution in [1.82, 2.24) is 10.2 Å². The van der Waals surface area contributed by atoms with Crippen LogP contribution in [0, 0.1) is 5.92 Å².